The molecule has 1 aromatic rings. The van der Waals surface area contributed by atoms with Crippen molar-refractivity contribution in [3.05, 3.63) is 40.8 Å². The number of allylic oxidation sites excluding steroid dienone is 1. The molecule has 1 rings (SSSR count). The summed E-state index contributed by atoms with van der Waals surface area (Å²) < 4.78 is 10.6. The van der Waals surface area contributed by atoms with Crippen LogP contribution in [0.5, 0.6) is 0 Å². The number of ether oxygens (including phenoxy) is 2. The number of carbonyl (C=O) groups is 6. The number of carboxylic acid groups (broad SMARTS) is 1. The molecular formula is C27H38N4O10. The fourth-order valence-corrected chi connectivity index (χ4v) is 3.59. The van der Waals surface area contributed by atoms with E-state index >= 15 is 0 Å². The maximum atomic E-state index is 13.0. The van der Waals surface area contributed by atoms with Gasteiger partial charge in [0.1, 0.15) is 24.3 Å². The van der Waals surface area contributed by atoms with Crippen molar-refractivity contribution in [2.75, 3.05) is 19.0 Å². The van der Waals surface area contributed by atoms with Crippen LogP contribution in [-0.4, -0.2) is 71.1 Å². The second kappa shape index (κ2) is 18.0. The van der Waals surface area contributed by atoms with E-state index < -0.39 is 66.2 Å². The highest BCUT2D eigenvalue weighted by Crippen LogP contribution is 2.08. The summed E-state index contributed by atoms with van der Waals surface area (Å²) in [6.45, 7) is 5.14. The second-order valence-electron chi connectivity index (χ2n) is 9.36. The molecule has 14 heteroatoms. The summed E-state index contributed by atoms with van der Waals surface area (Å²) >= 11 is 0. The van der Waals surface area contributed by atoms with Gasteiger partial charge in [-0.2, -0.15) is 0 Å². The van der Waals surface area contributed by atoms with Crippen LogP contribution in [0.25, 0.3) is 0 Å². The minimum absolute atomic E-state index is 0.0226. The Kier molecular flexibility index (Phi) is 15.1. The molecule has 0 fully saturated rings. The number of rotatable bonds is 17. The first-order chi connectivity index (χ1) is 19.4. The molecule has 0 saturated heterocycles. The number of hydrogen-bond acceptors (Lipinski definition) is 9. The smallest absolute Gasteiger partial charge is 0.330 e. The van der Waals surface area contributed by atoms with Crippen molar-refractivity contribution >= 4 is 41.3 Å². The third kappa shape index (κ3) is 13.4. The molecule has 0 aromatic carbocycles. The number of anilines is 1. The minimum Gasteiger partial charge on any atom is -0.481 e. The number of amides is 3. The van der Waals surface area contributed by atoms with E-state index in [1.807, 2.05) is 13.8 Å². The number of methoxy groups -OCH3 is 1. The predicted molar refractivity (Wildman–Crippen MR) is 147 cm³/mol. The number of carbonyl (C=O) groups excluding carboxylic acids is 5. The Hall–Kier alpha value is -4.49. The molecule has 0 aliphatic heterocycles. The van der Waals surface area contributed by atoms with Crippen LogP contribution >= 0.6 is 0 Å². The Labute approximate surface area is 237 Å². The molecule has 0 radical (unpaired) electrons. The van der Waals surface area contributed by atoms with E-state index in [1.54, 1.807) is 6.92 Å². The topological polar surface area (TPSA) is 199 Å². The number of hydrogen-bond donors (Lipinski definition) is 4. The first-order valence-electron chi connectivity index (χ1n) is 13.1. The zero-order valence-corrected chi connectivity index (χ0v) is 23.6. The highest BCUT2D eigenvalue weighted by atomic mass is 16.5. The van der Waals surface area contributed by atoms with E-state index in [4.69, 9.17) is 14.6 Å². The number of aromatic nitrogens is 1. The van der Waals surface area contributed by atoms with Crippen molar-refractivity contribution < 1.29 is 43.3 Å². The third-order valence-electron chi connectivity index (χ3n) is 5.50. The normalized spacial score (nSPS) is 12.3. The summed E-state index contributed by atoms with van der Waals surface area (Å²) in [7, 11) is 1.21. The van der Waals surface area contributed by atoms with E-state index in [9.17, 15) is 33.6 Å². The van der Waals surface area contributed by atoms with Gasteiger partial charge in [-0.1, -0.05) is 19.9 Å². The molecule has 0 aliphatic rings. The Morgan fingerprint density at radius 1 is 1.05 bits per heavy atom. The predicted octanol–water partition coefficient (Wildman–Crippen LogP) is 0.740. The van der Waals surface area contributed by atoms with Crippen molar-refractivity contribution in [1.82, 2.24) is 15.2 Å². The van der Waals surface area contributed by atoms with Crippen LogP contribution in [0.3, 0.4) is 0 Å². The van der Waals surface area contributed by atoms with Crippen LogP contribution in [0.2, 0.25) is 0 Å². The van der Waals surface area contributed by atoms with Crippen LogP contribution in [0, 0.1) is 5.92 Å². The molecular weight excluding hydrogens is 540 g/mol. The Morgan fingerprint density at radius 2 is 1.73 bits per heavy atom. The molecule has 0 aliphatic carbocycles. The van der Waals surface area contributed by atoms with Gasteiger partial charge >= 0.3 is 17.9 Å². The fraction of sp³-hybridized carbons (Fsp3) is 0.519. The van der Waals surface area contributed by atoms with Gasteiger partial charge in [-0.15, -0.1) is 0 Å². The maximum absolute atomic E-state index is 13.0. The number of nitrogens with zero attached hydrogens (tertiary/aromatic N) is 1. The summed E-state index contributed by atoms with van der Waals surface area (Å²) in [5.74, 6) is -4.37. The summed E-state index contributed by atoms with van der Waals surface area (Å²) in [6, 6.07) is 0.679. The second-order valence-corrected chi connectivity index (χ2v) is 9.36. The van der Waals surface area contributed by atoms with E-state index in [-0.39, 0.29) is 37.5 Å². The van der Waals surface area contributed by atoms with Gasteiger partial charge in [0.2, 0.25) is 17.7 Å². The van der Waals surface area contributed by atoms with Crippen LogP contribution < -0.4 is 21.5 Å². The van der Waals surface area contributed by atoms with E-state index in [2.05, 4.69) is 16.0 Å². The van der Waals surface area contributed by atoms with Crippen LogP contribution in [0.4, 0.5) is 5.69 Å². The highest BCUT2D eigenvalue weighted by molar-refractivity contribution is 5.97. The zero-order chi connectivity index (χ0) is 30.9. The Balaban J connectivity index is 3.01. The number of carboxylic acids is 1. The van der Waals surface area contributed by atoms with Gasteiger partial charge in [0.05, 0.1) is 20.1 Å². The Bertz CT molecular complexity index is 1170. The summed E-state index contributed by atoms with van der Waals surface area (Å²) in [5.41, 5.74) is -0.892. The van der Waals surface area contributed by atoms with E-state index in [0.717, 1.165) is 4.57 Å². The summed E-state index contributed by atoms with van der Waals surface area (Å²) in [5, 5.41) is 16.2. The standard InChI is InChI=1S/C27H38N4O10/c1-5-41-24(36)11-7-6-9-18(28-21(32)12-13-23(34)35)25(37)30-19-10-8-14-31(26(19)38)16-22(33)29-20(15-17(2)3)27(39)40-4/h7-8,10-11,14,17-18,20H,5-6,9,12-13,15-16H2,1-4H3,(H,28,32)(H,29,33)(H,30,37)(H,34,35). The molecule has 2 atom stereocenters. The lowest BCUT2D eigenvalue weighted by atomic mass is 10.0. The van der Waals surface area contributed by atoms with Gasteiger partial charge in [-0.25, -0.2) is 9.59 Å². The number of aliphatic carboxylic acids is 1. The van der Waals surface area contributed by atoms with Gasteiger partial charge in [-0.05, 0) is 44.2 Å². The number of pyridine rings is 1. The van der Waals surface area contributed by atoms with Crippen molar-refractivity contribution in [3.63, 3.8) is 0 Å². The van der Waals surface area contributed by atoms with Gasteiger partial charge in [0.25, 0.3) is 5.56 Å². The molecule has 14 nitrogen and oxygen atoms in total. The van der Waals surface area contributed by atoms with Crippen molar-refractivity contribution in [3.8, 4) is 0 Å². The Morgan fingerprint density at radius 3 is 2.34 bits per heavy atom. The molecule has 2 unspecified atom stereocenters. The van der Waals surface area contributed by atoms with Gasteiger partial charge in [-0.3, -0.25) is 24.0 Å². The molecule has 226 valence electrons. The monoisotopic (exact) mass is 578 g/mol. The summed E-state index contributed by atoms with van der Waals surface area (Å²) in [6.07, 6.45) is 3.68. The lowest BCUT2D eigenvalue weighted by molar-refractivity contribution is -0.145. The van der Waals surface area contributed by atoms with E-state index in [1.165, 1.54) is 37.6 Å². The van der Waals surface area contributed by atoms with Crippen molar-refractivity contribution in [1.29, 1.82) is 0 Å². The highest BCUT2D eigenvalue weighted by Gasteiger charge is 2.24. The summed E-state index contributed by atoms with van der Waals surface area (Å²) in [4.78, 5) is 85.1. The van der Waals surface area contributed by atoms with Crippen LogP contribution in [0.15, 0.2) is 35.3 Å². The molecule has 3 amide bonds. The SMILES string of the molecule is CCOC(=O)C=CCCC(NC(=O)CCC(=O)O)C(=O)Nc1cccn(CC(=O)NC(CC(C)C)C(=O)OC)c1=O. The largest absolute Gasteiger partial charge is 0.481 e. The zero-order valence-electron chi connectivity index (χ0n) is 23.6. The van der Waals surface area contributed by atoms with Crippen LogP contribution in [0.1, 0.15) is 52.9 Å². The molecule has 0 spiro atoms. The minimum atomic E-state index is -1.19. The molecule has 1 heterocycles. The number of nitrogens with one attached hydrogen (secondary N) is 3. The lowest BCUT2D eigenvalue weighted by Crippen LogP contribution is -2.45. The molecule has 4 N–H and O–H groups in total. The average molecular weight is 579 g/mol. The lowest BCUT2D eigenvalue weighted by Gasteiger charge is -2.19. The maximum Gasteiger partial charge on any atom is 0.330 e. The molecule has 1 aromatic heterocycles. The molecule has 41 heavy (non-hydrogen) atoms. The molecule has 0 saturated carbocycles. The fourth-order valence-electron chi connectivity index (χ4n) is 3.59. The quantitative estimate of drug-likeness (QED) is 0.151. The van der Waals surface area contributed by atoms with Crippen LogP contribution in [-0.2, 0) is 44.8 Å². The van der Waals surface area contributed by atoms with Gasteiger partial charge < -0.3 is 35.1 Å². The number of esters is 2. The molecule has 0 bridgehead atoms. The van der Waals surface area contributed by atoms with Gasteiger partial charge in [0, 0.05) is 18.7 Å². The van der Waals surface area contributed by atoms with Crippen molar-refractivity contribution in [2.24, 2.45) is 5.92 Å². The first kappa shape index (κ1) is 34.5. The van der Waals surface area contributed by atoms with Crippen molar-refractivity contribution in [2.45, 2.75) is 71.5 Å². The average Bonchev–Trinajstić information content (AvgIpc) is 2.90. The van der Waals surface area contributed by atoms with E-state index in [0.29, 0.717) is 6.42 Å². The van der Waals surface area contributed by atoms with Gasteiger partial charge in [0.15, 0.2) is 0 Å². The first-order valence-corrected chi connectivity index (χ1v) is 13.1. The third-order valence-corrected chi connectivity index (χ3v) is 5.50.